The smallest absolute Gasteiger partial charge is 0.303 e. The number of rotatable bonds is 5. The number of carboxylic acids is 1. The minimum atomic E-state index is -3.39. The summed E-state index contributed by atoms with van der Waals surface area (Å²) in [5.41, 5.74) is 0.563. The van der Waals surface area contributed by atoms with Crippen LogP contribution in [0.4, 0.5) is 0 Å². The van der Waals surface area contributed by atoms with Crippen molar-refractivity contribution in [3.8, 4) is 11.5 Å². The highest BCUT2D eigenvalue weighted by molar-refractivity contribution is 7.90. The normalized spacial score (nSPS) is 13.5. The van der Waals surface area contributed by atoms with Crippen LogP contribution in [0.2, 0.25) is 0 Å². The predicted molar refractivity (Wildman–Crippen MR) is 66.2 cm³/mol. The van der Waals surface area contributed by atoms with Gasteiger partial charge in [-0.3, -0.25) is 4.79 Å². The molecule has 0 atom stereocenters. The topological polar surface area (TPSA) is 89.9 Å². The van der Waals surface area contributed by atoms with Crippen molar-refractivity contribution in [3.05, 3.63) is 17.7 Å². The number of fused-ring (bicyclic) bond motifs is 1. The van der Waals surface area contributed by atoms with E-state index in [0.29, 0.717) is 29.9 Å². The molecule has 104 valence electrons. The minimum absolute atomic E-state index is 0.00234. The minimum Gasteiger partial charge on any atom is -0.481 e. The maximum atomic E-state index is 11.7. The third kappa shape index (κ3) is 3.17. The Morgan fingerprint density at radius 3 is 2.53 bits per heavy atom. The first-order valence-electron chi connectivity index (χ1n) is 5.72. The Hall–Kier alpha value is -1.76. The Morgan fingerprint density at radius 1 is 1.32 bits per heavy atom. The monoisotopic (exact) mass is 286 g/mol. The molecule has 1 heterocycles. The molecule has 1 aliphatic rings. The van der Waals surface area contributed by atoms with Crippen molar-refractivity contribution in [2.45, 2.75) is 24.2 Å². The van der Waals surface area contributed by atoms with Gasteiger partial charge in [0.25, 0.3) is 0 Å². The Kier molecular flexibility index (Phi) is 3.66. The van der Waals surface area contributed by atoms with Crippen LogP contribution in [0.15, 0.2) is 17.0 Å². The van der Waals surface area contributed by atoms with E-state index in [4.69, 9.17) is 14.6 Å². The van der Waals surface area contributed by atoms with Crippen molar-refractivity contribution in [2.75, 3.05) is 13.0 Å². The van der Waals surface area contributed by atoms with Gasteiger partial charge < -0.3 is 14.6 Å². The summed E-state index contributed by atoms with van der Waals surface area (Å²) in [5, 5.41) is 8.61. The molecule has 0 amide bonds. The third-order valence-electron chi connectivity index (χ3n) is 2.79. The molecule has 1 aromatic rings. The van der Waals surface area contributed by atoms with Crippen LogP contribution in [0.1, 0.15) is 18.4 Å². The van der Waals surface area contributed by atoms with Gasteiger partial charge in [0.15, 0.2) is 21.3 Å². The highest BCUT2D eigenvalue weighted by Crippen LogP contribution is 2.37. The fourth-order valence-corrected chi connectivity index (χ4v) is 2.89. The molecule has 7 heteroatoms. The molecule has 1 aromatic carbocycles. The lowest BCUT2D eigenvalue weighted by Crippen LogP contribution is -2.04. The number of carbonyl (C=O) groups is 1. The lowest BCUT2D eigenvalue weighted by molar-refractivity contribution is -0.137. The molecule has 0 bridgehead atoms. The predicted octanol–water partition coefficient (Wildman–Crippen LogP) is 1.23. The van der Waals surface area contributed by atoms with Gasteiger partial charge >= 0.3 is 5.97 Å². The molecular formula is C12H14O6S. The highest BCUT2D eigenvalue weighted by Gasteiger charge is 2.21. The Morgan fingerprint density at radius 2 is 1.95 bits per heavy atom. The van der Waals surface area contributed by atoms with Gasteiger partial charge in [-0.15, -0.1) is 0 Å². The van der Waals surface area contributed by atoms with Gasteiger partial charge in [-0.05, 0) is 24.5 Å². The van der Waals surface area contributed by atoms with Crippen LogP contribution in [-0.4, -0.2) is 32.5 Å². The quantitative estimate of drug-likeness (QED) is 0.875. The zero-order chi connectivity index (χ0) is 14.0. The molecule has 2 rings (SSSR count). The standard InChI is InChI=1S/C12H14O6S/c1-19(15,16)11-6-10-9(17-7-18-10)5-8(11)3-2-4-12(13)14/h5-6H,2-4,7H2,1H3,(H,13,14). The van der Waals surface area contributed by atoms with E-state index in [1.807, 2.05) is 0 Å². The molecule has 19 heavy (non-hydrogen) atoms. The molecule has 0 saturated carbocycles. The van der Waals surface area contributed by atoms with Crippen molar-refractivity contribution in [1.29, 1.82) is 0 Å². The van der Waals surface area contributed by atoms with E-state index in [-0.39, 0.29) is 18.1 Å². The van der Waals surface area contributed by atoms with Gasteiger partial charge in [-0.25, -0.2) is 8.42 Å². The van der Waals surface area contributed by atoms with Gasteiger partial charge in [0, 0.05) is 18.7 Å². The lowest BCUT2D eigenvalue weighted by Gasteiger charge is -2.09. The Bertz CT molecular complexity index is 605. The number of ether oxygens (including phenoxy) is 2. The average Bonchev–Trinajstić information content (AvgIpc) is 2.73. The van der Waals surface area contributed by atoms with Crippen molar-refractivity contribution in [2.24, 2.45) is 0 Å². The maximum absolute atomic E-state index is 11.7. The molecule has 6 nitrogen and oxygen atoms in total. The van der Waals surface area contributed by atoms with E-state index in [1.54, 1.807) is 6.07 Å². The highest BCUT2D eigenvalue weighted by atomic mass is 32.2. The van der Waals surface area contributed by atoms with E-state index < -0.39 is 15.8 Å². The van der Waals surface area contributed by atoms with Crippen LogP contribution in [-0.2, 0) is 21.1 Å². The summed E-state index contributed by atoms with van der Waals surface area (Å²) in [6.07, 6.45) is 1.85. The summed E-state index contributed by atoms with van der Waals surface area (Å²) >= 11 is 0. The van der Waals surface area contributed by atoms with Crippen LogP contribution in [0.25, 0.3) is 0 Å². The zero-order valence-corrected chi connectivity index (χ0v) is 11.2. The van der Waals surface area contributed by atoms with Crippen molar-refractivity contribution >= 4 is 15.8 Å². The molecule has 0 unspecified atom stereocenters. The Labute approximate surface area is 110 Å². The maximum Gasteiger partial charge on any atom is 0.303 e. The fourth-order valence-electron chi connectivity index (χ4n) is 1.94. The molecular weight excluding hydrogens is 272 g/mol. The van der Waals surface area contributed by atoms with Gasteiger partial charge in [0.2, 0.25) is 6.79 Å². The Balaban J connectivity index is 2.32. The molecule has 0 aromatic heterocycles. The second kappa shape index (κ2) is 5.08. The largest absolute Gasteiger partial charge is 0.481 e. The van der Waals surface area contributed by atoms with Crippen LogP contribution in [0.3, 0.4) is 0 Å². The molecule has 1 N–H and O–H groups in total. The number of sulfone groups is 1. The average molecular weight is 286 g/mol. The van der Waals surface area contributed by atoms with Crippen LogP contribution >= 0.6 is 0 Å². The summed E-state index contributed by atoms with van der Waals surface area (Å²) in [4.78, 5) is 10.7. The third-order valence-corrected chi connectivity index (χ3v) is 3.97. The van der Waals surface area contributed by atoms with E-state index in [0.717, 1.165) is 6.26 Å². The number of hydrogen-bond acceptors (Lipinski definition) is 5. The van der Waals surface area contributed by atoms with Crippen molar-refractivity contribution in [3.63, 3.8) is 0 Å². The zero-order valence-electron chi connectivity index (χ0n) is 10.4. The molecule has 0 radical (unpaired) electrons. The number of benzene rings is 1. The number of hydrogen-bond donors (Lipinski definition) is 1. The second-order valence-electron chi connectivity index (χ2n) is 4.33. The first-order chi connectivity index (χ1) is 8.88. The van der Waals surface area contributed by atoms with Gasteiger partial charge in [0.1, 0.15) is 0 Å². The van der Waals surface area contributed by atoms with Crippen LogP contribution in [0, 0.1) is 0 Å². The molecule has 0 fully saturated rings. The summed E-state index contributed by atoms with van der Waals surface area (Å²) < 4.78 is 33.8. The van der Waals surface area contributed by atoms with E-state index >= 15 is 0 Å². The van der Waals surface area contributed by atoms with E-state index in [2.05, 4.69) is 0 Å². The summed E-state index contributed by atoms with van der Waals surface area (Å²) in [6.45, 7) is 0.0666. The molecule has 0 saturated heterocycles. The van der Waals surface area contributed by atoms with Gasteiger partial charge in [0.05, 0.1) is 4.90 Å². The van der Waals surface area contributed by atoms with E-state index in [9.17, 15) is 13.2 Å². The summed E-state index contributed by atoms with van der Waals surface area (Å²) in [5.74, 6) is 0.00165. The number of aryl methyl sites for hydroxylation is 1. The first kappa shape index (κ1) is 13.7. The van der Waals surface area contributed by atoms with Gasteiger partial charge in [-0.2, -0.15) is 0 Å². The summed E-state index contributed by atoms with van der Waals surface area (Å²) in [6, 6.07) is 3.05. The number of carboxylic acid groups (broad SMARTS) is 1. The first-order valence-corrected chi connectivity index (χ1v) is 7.61. The van der Waals surface area contributed by atoms with Crippen LogP contribution in [0.5, 0.6) is 11.5 Å². The fraction of sp³-hybridized carbons (Fsp3) is 0.417. The van der Waals surface area contributed by atoms with E-state index in [1.165, 1.54) is 6.07 Å². The van der Waals surface area contributed by atoms with Crippen LogP contribution < -0.4 is 9.47 Å². The second-order valence-corrected chi connectivity index (χ2v) is 6.32. The summed E-state index contributed by atoms with van der Waals surface area (Å²) in [7, 11) is -3.39. The van der Waals surface area contributed by atoms with Crippen molar-refractivity contribution in [1.82, 2.24) is 0 Å². The molecule has 0 aliphatic carbocycles. The van der Waals surface area contributed by atoms with Crippen molar-refractivity contribution < 1.29 is 27.8 Å². The lowest BCUT2D eigenvalue weighted by atomic mass is 10.1. The van der Waals surface area contributed by atoms with Gasteiger partial charge in [-0.1, -0.05) is 0 Å². The SMILES string of the molecule is CS(=O)(=O)c1cc2c(cc1CCCC(=O)O)OCO2. The molecule has 1 aliphatic heterocycles. The number of aliphatic carboxylic acids is 1. The molecule has 0 spiro atoms.